The van der Waals surface area contributed by atoms with E-state index in [0.29, 0.717) is 0 Å². The van der Waals surface area contributed by atoms with Crippen LogP contribution in [0.2, 0.25) is 0 Å². The van der Waals surface area contributed by atoms with Gasteiger partial charge < -0.3 is 10.2 Å². The fraction of sp³-hybridized carbons (Fsp3) is 0.444. The third kappa shape index (κ3) is 2.16. The highest BCUT2D eigenvalue weighted by Crippen LogP contribution is 2.35. The maximum absolute atomic E-state index is 11.1. The summed E-state index contributed by atoms with van der Waals surface area (Å²) in [5, 5.41) is 18.0. The molecule has 0 saturated carbocycles. The van der Waals surface area contributed by atoms with Gasteiger partial charge in [0, 0.05) is 11.5 Å². The molecule has 1 rings (SSSR count). The standard InChI is InChI=1S/C9H11BrO3S/c1-9(4-5-11,8(12)13)6-2-3-7(10)14-6/h2-3,11H,4-5H2,1H3,(H,12,13). The Kier molecular flexibility index (Phi) is 3.69. The Bertz CT molecular complexity index is 337. The van der Waals surface area contributed by atoms with Gasteiger partial charge >= 0.3 is 5.97 Å². The molecule has 0 bridgehead atoms. The maximum Gasteiger partial charge on any atom is 0.314 e. The predicted molar refractivity (Wildman–Crippen MR) is 58.7 cm³/mol. The number of aliphatic hydroxyl groups is 1. The Labute approximate surface area is 94.5 Å². The number of carboxylic acids is 1. The highest BCUT2D eigenvalue weighted by Gasteiger charge is 2.35. The summed E-state index contributed by atoms with van der Waals surface area (Å²) in [6, 6.07) is 3.59. The SMILES string of the molecule is CC(CCO)(C(=O)O)c1ccc(Br)s1. The summed E-state index contributed by atoms with van der Waals surface area (Å²) in [7, 11) is 0. The van der Waals surface area contributed by atoms with Crippen LogP contribution in [0.4, 0.5) is 0 Å². The molecule has 0 aromatic carbocycles. The van der Waals surface area contributed by atoms with E-state index in [4.69, 9.17) is 10.2 Å². The summed E-state index contributed by atoms with van der Waals surface area (Å²) in [5.74, 6) is -0.902. The van der Waals surface area contributed by atoms with Gasteiger partial charge in [-0.05, 0) is 41.4 Å². The lowest BCUT2D eigenvalue weighted by molar-refractivity contribution is -0.143. The number of aliphatic hydroxyl groups excluding tert-OH is 1. The Morgan fingerprint density at radius 1 is 1.64 bits per heavy atom. The Morgan fingerprint density at radius 3 is 2.64 bits per heavy atom. The Hall–Kier alpha value is -0.390. The summed E-state index contributed by atoms with van der Waals surface area (Å²) >= 11 is 4.68. The molecule has 0 aliphatic carbocycles. The summed E-state index contributed by atoms with van der Waals surface area (Å²) in [4.78, 5) is 11.9. The molecule has 14 heavy (non-hydrogen) atoms. The van der Waals surface area contributed by atoms with Gasteiger partial charge in [-0.2, -0.15) is 0 Å². The minimum atomic E-state index is -0.981. The van der Waals surface area contributed by atoms with Crippen LogP contribution in [-0.2, 0) is 10.2 Å². The average molecular weight is 279 g/mol. The summed E-state index contributed by atoms with van der Waals surface area (Å²) in [6.07, 6.45) is 0.231. The minimum absolute atomic E-state index is 0.127. The molecule has 0 fully saturated rings. The van der Waals surface area contributed by atoms with Crippen LogP contribution >= 0.6 is 27.3 Å². The van der Waals surface area contributed by atoms with E-state index in [1.54, 1.807) is 13.0 Å². The van der Waals surface area contributed by atoms with Crippen LogP contribution < -0.4 is 0 Å². The number of carboxylic acid groups (broad SMARTS) is 1. The molecule has 78 valence electrons. The van der Waals surface area contributed by atoms with E-state index in [1.165, 1.54) is 11.3 Å². The third-order valence-electron chi connectivity index (χ3n) is 2.20. The lowest BCUT2D eigenvalue weighted by Gasteiger charge is -2.21. The second-order valence-corrected chi connectivity index (χ2v) is 5.68. The van der Waals surface area contributed by atoms with E-state index < -0.39 is 11.4 Å². The van der Waals surface area contributed by atoms with Gasteiger partial charge in [-0.1, -0.05) is 0 Å². The number of hydrogen-bond acceptors (Lipinski definition) is 3. The highest BCUT2D eigenvalue weighted by atomic mass is 79.9. The Balaban J connectivity index is 3.05. The van der Waals surface area contributed by atoms with Crippen LogP contribution in [0, 0.1) is 0 Å². The fourth-order valence-corrected chi connectivity index (χ4v) is 2.72. The number of thiophene rings is 1. The van der Waals surface area contributed by atoms with Crippen LogP contribution in [0.15, 0.2) is 15.9 Å². The van der Waals surface area contributed by atoms with E-state index in [1.807, 2.05) is 6.07 Å². The monoisotopic (exact) mass is 278 g/mol. The quantitative estimate of drug-likeness (QED) is 0.888. The number of aliphatic carboxylic acids is 1. The first-order valence-electron chi connectivity index (χ1n) is 4.11. The van der Waals surface area contributed by atoms with Gasteiger partial charge in [0.25, 0.3) is 0 Å². The molecule has 1 atom stereocenters. The first-order valence-corrected chi connectivity index (χ1v) is 5.71. The smallest absolute Gasteiger partial charge is 0.314 e. The van der Waals surface area contributed by atoms with E-state index in [2.05, 4.69) is 15.9 Å². The van der Waals surface area contributed by atoms with Crippen molar-refractivity contribution in [1.29, 1.82) is 0 Å². The van der Waals surface area contributed by atoms with Crippen molar-refractivity contribution in [1.82, 2.24) is 0 Å². The molecule has 0 amide bonds. The summed E-state index contributed by atoms with van der Waals surface area (Å²) in [6.45, 7) is 1.50. The number of carbonyl (C=O) groups is 1. The van der Waals surface area contributed by atoms with Crippen LogP contribution in [-0.4, -0.2) is 22.8 Å². The number of rotatable bonds is 4. The second-order valence-electron chi connectivity index (χ2n) is 3.21. The molecule has 2 N–H and O–H groups in total. The molecule has 1 heterocycles. The largest absolute Gasteiger partial charge is 0.481 e. The van der Waals surface area contributed by atoms with Crippen molar-refractivity contribution in [2.45, 2.75) is 18.8 Å². The van der Waals surface area contributed by atoms with E-state index >= 15 is 0 Å². The first kappa shape index (κ1) is 11.7. The van der Waals surface area contributed by atoms with Crippen molar-refractivity contribution >= 4 is 33.2 Å². The van der Waals surface area contributed by atoms with Gasteiger partial charge in [0.15, 0.2) is 0 Å². The highest BCUT2D eigenvalue weighted by molar-refractivity contribution is 9.11. The number of hydrogen-bond donors (Lipinski definition) is 2. The average Bonchev–Trinajstić information content (AvgIpc) is 2.52. The molecule has 1 aromatic heterocycles. The third-order valence-corrected chi connectivity index (χ3v) is 4.09. The molecular formula is C9H11BrO3S. The molecule has 0 spiro atoms. The zero-order valence-corrected chi connectivity index (χ0v) is 10.1. The van der Waals surface area contributed by atoms with Gasteiger partial charge in [0.05, 0.1) is 3.79 Å². The first-order chi connectivity index (χ1) is 6.50. The molecule has 0 saturated heterocycles. The van der Waals surface area contributed by atoms with Crippen molar-refractivity contribution in [2.24, 2.45) is 0 Å². The van der Waals surface area contributed by atoms with Crippen LogP contribution in [0.3, 0.4) is 0 Å². The zero-order chi connectivity index (χ0) is 10.8. The van der Waals surface area contributed by atoms with E-state index in [0.717, 1.165) is 8.66 Å². The molecule has 0 radical (unpaired) electrons. The molecule has 3 nitrogen and oxygen atoms in total. The number of halogens is 1. The summed E-state index contributed by atoms with van der Waals surface area (Å²) in [5.41, 5.74) is -0.981. The van der Waals surface area contributed by atoms with Crippen molar-refractivity contribution in [3.8, 4) is 0 Å². The van der Waals surface area contributed by atoms with Crippen LogP contribution in [0.5, 0.6) is 0 Å². The Morgan fingerprint density at radius 2 is 2.29 bits per heavy atom. The van der Waals surface area contributed by atoms with E-state index in [9.17, 15) is 4.79 Å². The van der Waals surface area contributed by atoms with E-state index in [-0.39, 0.29) is 13.0 Å². The lowest BCUT2D eigenvalue weighted by Crippen LogP contribution is -2.32. The molecule has 0 aliphatic rings. The molecule has 1 aromatic rings. The van der Waals surface area contributed by atoms with Crippen LogP contribution in [0.1, 0.15) is 18.2 Å². The second kappa shape index (κ2) is 4.42. The molecular weight excluding hydrogens is 268 g/mol. The lowest BCUT2D eigenvalue weighted by atomic mass is 9.85. The van der Waals surface area contributed by atoms with Gasteiger partial charge in [-0.25, -0.2) is 0 Å². The fourth-order valence-electron chi connectivity index (χ4n) is 1.17. The molecule has 1 unspecified atom stereocenters. The van der Waals surface area contributed by atoms with Gasteiger partial charge in [-0.3, -0.25) is 4.79 Å². The van der Waals surface area contributed by atoms with Crippen molar-refractivity contribution in [3.63, 3.8) is 0 Å². The molecule has 0 aliphatic heterocycles. The van der Waals surface area contributed by atoms with Crippen molar-refractivity contribution in [2.75, 3.05) is 6.61 Å². The van der Waals surface area contributed by atoms with Crippen molar-refractivity contribution < 1.29 is 15.0 Å². The predicted octanol–water partition coefficient (Wildman–Crippen LogP) is 2.24. The van der Waals surface area contributed by atoms with Crippen molar-refractivity contribution in [3.05, 3.63) is 20.8 Å². The maximum atomic E-state index is 11.1. The zero-order valence-electron chi connectivity index (χ0n) is 7.66. The van der Waals surface area contributed by atoms with Gasteiger partial charge in [0.1, 0.15) is 5.41 Å². The summed E-state index contributed by atoms with van der Waals surface area (Å²) < 4.78 is 0.901. The van der Waals surface area contributed by atoms with Gasteiger partial charge in [0.2, 0.25) is 0 Å². The van der Waals surface area contributed by atoms with Gasteiger partial charge in [-0.15, -0.1) is 11.3 Å². The normalized spacial score (nSPS) is 15.1. The topological polar surface area (TPSA) is 57.5 Å². The minimum Gasteiger partial charge on any atom is -0.481 e. The van der Waals surface area contributed by atoms with Crippen LogP contribution in [0.25, 0.3) is 0 Å². The molecule has 5 heteroatoms.